The highest BCUT2D eigenvalue weighted by Gasteiger charge is 2.62. The maximum Gasteiger partial charge on any atom is 0.303 e. The van der Waals surface area contributed by atoms with Gasteiger partial charge >= 0.3 is 5.97 Å². The third-order valence-corrected chi connectivity index (χ3v) is 9.51. The van der Waals surface area contributed by atoms with Crippen molar-refractivity contribution < 1.29 is 25.6 Å². The topological polar surface area (TPSA) is 77.8 Å². The number of aliphatic hydroxyl groups excluding tert-OH is 2. The van der Waals surface area contributed by atoms with Crippen LogP contribution in [0.5, 0.6) is 0 Å². The molecule has 4 nitrogen and oxygen atoms in total. The van der Waals surface area contributed by atoms with Gasteiger partial charge in [-0.25, -0.2) is 0 Å². The molecule has 0 heterocycles. The van der Waals surface area contributed by atoms with Gasteiger partial charge in [0.1, 0.15) is 0 Å². The van der Waals surface area contributed by atoms with Crippen molar-refractivity contribution in [3.8, 4) is 0 Å². The van der Waals surface area contributed by atoms with Gasteiger partial charge in [-0.1, -0.05) is 20.8 Å². The highest BCUT2D eigenvalue weighted by atomic mass is 16.4. The molecule has 3 N–H and O–H groups in total. The monoisotopic (exact) mass is 396 g/mol. The second-order valence-corrected chi connectivity index (χ2v) is 10.7. The first-order chi connectivity index (χ1) is 14.7. The molecule has 4 aliphatic rings. The highest BCUT2D eigenvalue weighted by molar-refractivity contribution is 5.66. The van der Waals surface area contributed by atoms with Crippen molar-refractivity contribution in [3.05, 3.63) is 0 Å². The molecule has 0 spiro atoms. The Morgan fingerprint density at radius 3 is 2.57 bits per heavy atom. The first-order valence-corrected chi connectivity index (χ1v) is 11.2. The van der Waals surface area contributed by atoms with Crippen LogP contribution in [-0.2, 0) is 4.79 Å². The molecule has 160 valence electrons. The second kappa shape index (κ2) is 7.27. The number of hydrogen-bond acceptors (Lipinski definition) is 3. The SMILES string of the molecule is [2H]C1([2H])C[C@@]2(C)[C@H](C[C@@H](O)[C@@H]3[C@@H]2CC[C@]2(C)[C@@H]([C@H](C)CCC(=O)O)CC[C@@H]32)C([2H])([2H])[C@H]1O. The summed E-state index contributed by atoms with van der Waals surface area (Å²) in [5.41, 5.74) is -0.583. The van der Waals surface area contributed by atoms with Crippen LogP contribution in [0.4, 0.5) is 0 Å². The van der Waals surface area contributed by atoms with Gasteiger partial charge in [0.25, 0.3) is 0 Å². The van der Waals surface area contributed by atoms with E-state index in [1.54, 1.807) is 0 Å². The second-order valence-electron chi connectivity index (χ2n) is 10.7. The molecular weight excluding hydrogens is 352 g/mol. The van der Waals surface area contributed by atoms with Crippen LogP contribution in [0.25, 0.3) is 0 Å². The largest absolute Gasteiger partial charge is 0.481 e. The van der Waals surface area contributed by atoms with Crippen LogP contribution in [0, 0.1) is 46.3 Å². The van der Waals surface area contributed by atoms with Gasteiger partial charge in [0.15, 0.2) is 0 Å². The van der Waals surface area contributed by atoms with Crippen LogP contribution in [0.3, 0.4) is 0 Å². The Labute approximate surface area is 175 Å². The summed E-state index contributed by atoms with van der Waals surface area (Å²) in [4.78, 5) is 11.1. The van der Waals surface area contributed by atoms with Crippen molar-refractivity contribution in [1.29, 1.82) is 0 Å². The van der Waals surface area contributed by atoms with Gasteiger partial charge < -0.3 is 15.3 Å². The molecule has 0 amide bonds. The molecule has 4 rings (SSSR count). The predicted octanol–water partition coefficient (Wildman–Crippen LogP) is 4.48. The van der Waals surface area contributed by atoms with E-state index in [1.165, 1.54) is 0 Å². The van der Waals surface area contributed by atoms with E-state index in [-0.39, 0.29) is 42.4 Å². The van der Waals surface area contributed by atoms with E-state index in [4.69, 9.17) is 10.6 Å². The van der Waals surface area contributed by atoms with Crippen molar-refractivity contribution in [3.63, 3.8) is 0 Å². The minimum atomic E-state index is -2.08. The highest BCUT2D eigenvalue weighted by Crippen LogP contribution is 2.68. The molecule has 4 aliphatic carbocycles. The smallest absolute Gasteiger partial charge is 0.303 e. The summed E-state index contributed by atoms with van der Waals surface area (Å²) in [6.45, 7) is 6.48. The maximum atomic E-state index is 11.3. The Morgan fingerprint density at radius 2 is 1.86 bits per heavy atom. The molecular formula is C24H40O4. The number of aliphatic hydroxyl groups is 2. The summed E-state index contributed by atoms with van der Waals surface area (Å²) in [7, 11) is 0. The van der Waals surface area contributed by atoms with Crippen LogP contribution in [0.15, 0.2) is 0 Å². The van der Waals surface area contributed by atoms with E-state index in [2.05, 4.69) is 13.8 Å². The van der Waals surface area contributed by atoms with Crippen LogP contribution >= 0.6 is 0 Å². The Kier molecular flexibility index (Phi) is 4.19. The van der Waals surface area contributed by atoms with Gasteiger partial charge in [0.05, 0.1) is 12.2 Å². The van der Waals surface area contributed by atoms with Crippen LogP contribution in [-0.4, -0.2) is 33.5 Å². The normalized spacial score (nSPS) is 57.4. The third-order valence-electron chi connectivity index (χ3n) is 9.51. The molecule has 4 fully saturated rings. The van der Waals surface area contributed by atoms with E-state index in [0.717, 1.165) is 25.7 Å². The Balaban J connectivity index is 1.64. The zero-order valence-corrected chi connectivity index (χ0v) is 17.5. The average molecular weight is 397 g/mol. The number of rotatable bonds is 4. The Bertz CT molecular complexity index is 760. The lowest BCUT2D eigenvalue weighted by molar-refractivity contribution is -0.174. The summed E-state index contributed by atoms with van der Waals surface area (Å²) in [6.07, 6.45) is -1.38. The Hall–Kier alpha value is -0.610. The molecule has 0 bridgehead atoms. The number of carbonyl (C=O) groups is 1. The predicted molar refractivity (Wildman–Crippen MR) is 109 cm³/mol. The molecule has 0 aromatic heterocycles. The zero-order chi connectivity index (χ0) is 23.9. The van der Waals surface area contributed by atoms with Crippen molar-refractivity contribution in [2.75, 3.05) is 0 Å². The quantitative estimate of drug-likeness (QED) is 0.655. The molecule has 28 heavy (non-hydrogen) atoms. The first kappa shape index (κ1) is 16.1. The van der Waals surface area contributed by atoms with Crippen LogP contribution in [0.2, 0.25) is 0 Å². The molecule has 0 aliphatic heterocycles. The average Bonchev–Trinajstić information content (AvgIpc) is 3.03. The van der Waals surface area contributed by atoms with Gasteiger partial charge in [0.2, 0.25) is 0 Å². The number of hydrogen-bond donors (Lipinski definition) is 3. The number of carboxylic acid groups (broad SMARTS) is 1. The van der Waals surface area contributed by atoms with Crippen LogP contribution in [0.1, 0.15) is 90.4 Å². The zero-order valence-electron chi connectivity index (χ0n) is 21.5. The summed E-state index contributed by atoms with van der Waals surface area (Å²) >= 11 is 0. The van der Waals surface area contributed by atoms with Gasteiger partial charge in [-0.2, -0.15) is 0 Å². The van der Waals surface area contributed by atoms with Crippen molar-refractivity contribution in [1.82, 2.24) is 0 Å². The van der Waals surface area contributed by atoms with E-state index in [1.807, 2.05) is 6.92 Å². The standard InChI is InChI=1S/C24H40O4/c1-14(4-7-21(27)28)17-5-6-18-22-19(9-11-24(17,18)3)23(2)10-8-16(25)12-15(23)13-20(22)26/h14-20,22,25-26H,4-13H2,1-3H3,(H,27,28)/t14-,15+,16+,17-,18+,19+,20-,22+,23+,24-/m1/s1/i8D2,12D2. The fourth-order valence-electron chi connectivity index (χ4n) is 8.03. The van der Waals surface area contributed by atoms with E-state index in [0.29, 0.717) is 18.3 Å². The van der Waals surface area contributed by atoms with E-state index in [9.17, 15) is 15.0 Å². The number of aliphatic carboxylic acids is 1. The molecule has 0 aromatic rings. The maximum absolute atomic E-state index is 11.3. The fraction of sp³-hybridized carbons (Fsp3) is 0.958. The lowest BCUT2D eigenvalue weighted by atomic mass is 9.43. The lowest BCUT2D eigenvalue weighted by Gasteiger charge is -2.62. The minimum Gasteiger partial charge on any atom is -0.481 e. The summed E-state index contributed by atoms with van der Waals surface area (Å²) in [5, 5.41) is 31.0. The van der Waals surface area contributed by atoms with Crippen molar-refractivity contribution in [2.24, 2.45) is 46.3 Å². The van der Waals surface area contributed by atoms with Crippen LogP contribution < -0.4 is 0 Å². The first-order valence-electron chi connectivity index (χ1n) is 13.2. The molecule has 0 radical (unpaired) electrons. The van der Waals surface area contributed by atoms with E-state index >= 15 is 0 Å². The number of fused-ring (bicyclic) bond motifs is 5. The van der Waals surface area contributed by atoms with Gasteiger partial charge in [-0.05, 0) is 104 Å². The molecule has 4 saturated carbocycles. The van der Waals surface area contributed by atoms with Gasteiger partial charge in [0, 0.05) is 11.9 Å². The summed E-state index contributed by atoms with van der Waals surface area (Å²) < 4.78 is 34.0. The molecule has 0 unspecified atom stereocenters. The molecule has 0 aromatic carbocycles. The Morgan fingerprint density at radius 1 is 1.14 bits per heavy atom. The fourth-order valence-corrected chi connectivity index (χ4v) is 8.03. The molecule has 10 atom stereocenters. The number of carboxylic acids is 1. The van der Waals surface area contributed by atoms with Gasteiger partial charge in [-0.3, -0.25) is 4.79 Å². The van der Waals surface area contributed by atoms with Crippen molar-refractivity contribution >= 4 is 5.97 Å². The minimum absolute atomic E-state index is 0.00789. The molecule has 4 heteroatoms. The third kappa shape index (κ3) is 3.14. The van der Waals surface area contributed by atoms with Gasteiger partial charge in [-0.15, -0.1) is 0 Å². The molecule has 0 saturated heterocycles. The summed E-state index contributed by atoms with van der Waals surface area (Å²) in [5.74, 6) is -0.291. The lowest BCUT2D eigenvalue weighted by Crippen LogP contribution is -2.58. The van der Waals surface area contributed by atoms with E-state index < -0.39 is 42.3 Å². The summed E-state index contributed by atoms with van der Waals surface area (Å²) in [6, 6.07) is 0. The van der Waals surface area contributed by atoms with Crippen molar-refractivity contribution in [2.45, 2.75) is 97.1 Å².